The molecule has 5 heterocycles. The molecule has 2 saturated heterocycles. The minimum Gasteiger partial charge on any atom is -0.355 e. The number of hydrogen-bond donors (Lipinski definition) is 0. The number of carbonyl (C=O) groups excluding carboxylic acids is 1. The zero-order valence-corrected chi connectivity index (χ0v) is 23.1. The first-order valence-electron chi connectivity index (χ1n) is 13.3. The highest BCUT2D eigenvalue weighted by molar-refractivity contribution is 6.30. The molecule has 0 bridgehead atoms. The Hall–Kier alpha value is -3.68. The molecule has 0 N–H and O–H groups in total. The van der Waals surface area contributed by atoms with Gasteiger partial charge < -0.3 is 14.7 Å². The summed E-state index contributed by atoms with van der Waals surface area (Å²) in [5.41, 5.74) is 3.20. The van der Waals surface area contributed by atoms with Gasteiger partial charge in [-0.1, -0.05) is 11.6 Å². The lowest BCUT2D eigenvalue weighted by atomic mass is 9.73. The zero-order valence-electron chi connectivity index (χ0n) is 22.4. The van der Waals surface area contributed by atoms with Gasteiger partial charge in [0, 0.05) is 57.3 Å². The van der Waals surface area contributed by atoms with Gasteiger partial charge in [0.05, 0.1) is 23.5 Å². The number of amides is 1. The molecule has 3 aliphatic heterocycles. The van der Waals surface area contributed by atoms with Crippen LogP contribution in [0.2, 0.25) is 5.02 Å². The van der Waals surface area contributed by atoms with E-state index in [-0.39, 0.29) is 11.3 Å². The smallest absolute Gasteiger partial charge is 0.242 e. The fourth-order valence-electron chi connectivity index (χ4n) is 6.57. The third kappa shape index (κ3) is 3.71. The van der Waals surface area contributed by atoms with Gasteiger partial charge in [-0.2, -0.15) is 5.26 Å². The fourth-order valence-corrected chi connectivity index (χ4v) is 6.76. The summed E-state index contributed by atoms with van der Waals surface area (Å²) in [5, 5.41) is 19.2. The highest BCUT2D eigenvalue weighted by Gasteiger charge is 2.57. The molecule has 1 amide bonds. The minimum atomic E-state index is -0.488. The van der Waals surface area contributed by atoms with Crippen molar-refractivity contribution in [1.82, 2.24) is 29.5 Å². The normalized spacial score (nSPS) is 20.3. The number of anilines is 2. The van der Waals surface area contributed by atoms with E-state index in [1.165, 1.54) is 0 Å². The van der Waals surface area contributed by atoms with E-state index in [2.05, 4.69) is 40.5 Å². The van der Waals surface area contributed by atoms with Crippen LogP contribution >= 0.6 is 11.6 Å². The van der Waals surface area contributed by atoms with Crippen LogP contribution in [0.4, 0.5) is 11.8 Å². The molecule has 1 saturated carbocycles. The van der Waals surface area contributed by atoms with Crippen molar-refractivity contribution < 1.29 is 4.79 Å². The highest BCUT2D eigenvalue weighted by atomic mass is 35.5. The van der Waals surface area contributed by atoms with Crippen molar-refractivity contribution in [3.8, 4) is 11.8 Å². The van der Waals surface area contributed by atoms with Gasteiger partial charge in [0.2, 0.25) is 11.9 Å². The van der Waals surface area contributed by atoms with Gasteiger partial charge in [0.15, 0.2) is 5.82 Å². The van der Waals surface area contributed by atoms with Crippen molar-refractivity contribution in [1.29, 1.82) is 5.26 Å². The summed E-state index contributed by atoms with van der Waals surface area (Å²) in [6.07, 6.45) is 1.69. The third-order valence-corrected chi connectivity index (χ3v) is 8.96. The maximum Gasteiger partial charge on any atom is 0.242 e. The van der Waals surface area contributed by atoms with Gasteiger partial charge in [-0.15, -0.1) is 10.2 Å². The number of nitrogens with zero attached hydrogens (tertiary/aromatic N) is 9. The van der Waals surface area contributed by atoms with E-state index in [9.17, 15) is 10.1 Å². The molecular formula is C28H30ClN9O. The van der Waals surface area contributed by atoms with Crippen molar-refractivity contribution in [2.45, 2.75) is 38.4 Å². The lowest BCUT2D eigenvalue weighted by Gasteiger charge is -2.60. The van der Waals surface area contributed by atoms with Crippen LogP contribution < -0.4 is 9.80 Å². The summed E-state index contributed by atoms with van der Waals surface area (Å²) in [6.45, 7) is 6.71. The number of aromatic nitrogens is 4. The number of aryl methyl sites for hydroxylation is 1. The number of hydrogen-bond acceptors (Lipinski definition) is 8. The minimum absolute atomic E-state index is 0.144. The van der Waals surface area contributed by atoms with E-state index in [1.54, 1.807) is 4.90 Å². The van der Waals surface area contributed by atoms with Crippen LogP contribution in [0, 0.1) is 23.7 Å². The Morgan fingerprint density at radius 3 is 2.46 bits per heavy atom. The number of pyridine rings is 1. The summed E-state index contributed by atoms with van der Waals surface area (Å²) in [5.74, 6) is 2.76. The van der Waals surface area contributed by atoms with E-state index in [0.29, 0.717) is 23.7 Å². The zero-order chi connectivity index (χ0) is 27.1. The van der Waals surface area contributed by atoms with Crippen LogP contribution in [-0.2, 0) is 17.9 Å². The maximum atomic E-state index is 13.2. The maximum absolute atomic E-state index is 13.2. The molecule has 0 radical (unpaired) electrons. The van der Waals surface area contributed by atoms with Crippen molar-refractivity contribution in [3.63, 3.8) is 0 Å². The molecule has 3 aromatic rings. The summed E-state index contributed by atoms with van der Waals surface area (Å²) < 4.78 is 2.16. The first-order chi connectivity index (χ1) is 18.7. The summed E-state index contributed by atoms with van der Waals surface area (Å²) in [4.78, 5) is 26.3. The molecule has 0 atom stereocenters. The molecular weight excluding hydrogens is 514 g/mol. The number of carbonyl (C=O) groups is 1. The van der Waals surface area contributed by atoms with Crippen molar-refractivity contribution in [2.75, 3.05) is 50.1 Å². The standard InChI is InChI=1S/C28H30ClN9O/c1-18-19(11-30)4-7-23(31-18)35-14-27(15-35)16-36(17-27)26-33-32-24-13-37(28(8-9-28)25(39)34(2)3)12-20-10-21(29)5-6-22(20)38(24)26/h4-7,10H,8-9,12-17H2,1-3H3. The van der Waals surface area contributed by atoms with Crippen molar-refractivity contribution in [2.24, 2.45) is 5.41 Å². The molecule has 11 heteroatoms. The number of likely N-dealkylation sites (N-methyl/N-ethyl adjacent to an activating group) is 1. The Morgan fingerprint density at radius 2 is 1.79 bits per heavy atom. The number of benzene rings is 1. The van der Waals surface area contributed by atoms with Crippen molar-refractivity contribution >= 4 is 29.3 Å². The third-order valence-electron chi connectivity index (χ3n) is 8.73. The predicted octanol–water partition coefficient (Wildman–Crippen LogP) is 2.76. The molecule has 39 heavy (non-hydrogen) atoms. The number of fused-ring (bicyclic) bond motifs is 3. The number of halogens is 1. The van der Waals surface area contributed by atoms with Crippen molar-refractivity contribution in [3.05, 3.63) is 58.0 Å². The predicted molar refractivity (Wildman–Crippen MR) is 147 cm³/mol. The number of rotatable bonds is 4. The summed E-state index contributed by atoms with van der Waals surface area (Å²) >= 11 is 6.45. The van der Waals surface area contributed by atoms with E-state index in [4.69, 9.17) is 11.6 Å². The van der Waals surface area contributed by atoms with Gasteiger partial charge in [-0.25, -0.2) is 4.98 Å². The van der Waals surface area contributed by atoms with E-state index in [1.807, 2.05) is 51.4 Å². The second-order valence-corrected chi connectivity index (χ2v) is 12.2. The van der Waals surface area contributed by atoms with Crippen LogP contribution in [0.1, 0.15) is 35.5 Å². The van der Waals surface area contributed by atoms with E-state index >= 15 is 0 Å². The first kappa shape index (κ1) is 24.4. The summed E-state index contributed by atoms with van der Waals surface area (Å²) in [6, 6.07) is 11.9. The van der Waals surface area contributed by atoms with Crippen LogP contribution in [0.15, 0.2) is 30.3 Å². The van der Waals surface area contributed by atoms with Gasteiger partial charge in [-0.3, -0.25) is 14.3 Å². The van der Waals surface area contributed by atoms with Gasteiger partial charge in [0.25, 0.3) is 0 Å². The fraction of sp³-hybridized carbons (Fsp3) is 0.464. The lowest BCUT2D eigenvalue weighted by Crippen LogP contribution is -2.73. The highest BCUT2D eigenvalue weighted by Crippen LogP contribution is 2.47. The average Bonchev–Trinajstić information content (AvgIpc) is 3.60. The molecule has 3 fully saturated rings. The second kappa shape index (κ2) is 8.41. The summed E-state index contributed by atoms with van der Waals surface area (Å²) in [7, 11) is 3.65. The molecule has 4 aliphatic rings. The Morgan fingerprint density at radius 1 is 1.05 bits per heavy atom. The van der Waals surface area contributed by atoms with Crippen LogP contribution in [-0.4, -0.2) is 81.3 Å². The topological polar surface area (TPSA) is 97.4 Å². The molecule has 1 aromatic carbocycles. The van der Waals surface area contributed by atoms with Gasteiger partial charge in [0.1, 0.15) is 17.4 Å². The molecule has 0 unspecified atom stereocenters. The largest absolute Gasteiger partial charge is 0.355 e. The molecule has 2 aromatic heterocycles. The van der Waals surface area contributed by atoms with Gasteiger partial charge >= 0.3 is 0 Å². The molecule has 200 valence electrons. The first-order valence-corrected chi connectivity index (χ1v) is 13.7. The quantitative estimate of drug-likeness (QED) is 0.495. The molecule has 1 aliphatic carbocycles. The number of nitriles is 1. The monoisotopic (exact) mass is 543 g/mol. The Labute approximate surface area is 232 Å². The van der Waals surface area contributed by atoms with Crippen LogP contribution in [0.3, 0.4) is 0 Å². The lowest BCUT2D eigenvalue weighted by molar-refractivity contribution is -0.136. The Kier molecular flexibility index (Phi) is 5.25. The van der Waals surface area contributed by atoms with Gasteiger partial charge in [-0.05, 0) is 55.7 Å². The van der Waals surface area contributed by atoms with Crippen LogP contribution in [0.25, 0.3) is 5.69 Å². The van der Waals surface area contributed by atoms with Crippen LogP contribution in [0.5, 0.6) is 0 Å². The average molecular weight is 544 g/mol. The Bertz CT molecular complexity index is 1540. The molecule has 7 rings (SSSR count). The SMILES string of the molecule is Cc1nc(N2CC3(C2)CN(c2nnc4n2-c2ccc(Cl)cc2CN(C2(C(=O)N(C)C)CC2)C4)C3)ccc1C#N. The molecule has 1 spiro atoms. The van der Waals surface area contributed by atoms with E-state index < -0.39 is 5.54 Å². The molecule has 10 nitrogen and oxygen atoms in total. The van der Waals surface area contributed by atoms with E-state index in [0.717, 1.165) is 73.6 Å². The Balaban J connectivity index is 1.14. The second-order valence-electron chi connectivity index (χ2n) is 11.7.